The summed E-state index contributed by atoms with van der Waals surface area (Å²) in [5.74, 6) is 0.697. The minimum Gasteiger partial charge on any atom is -0.497 e. The molecular weight excluding hydrogens is 300 g/mol. The van der Waals surface area contributed by atoms with E-state index in [1.54, 1.807) is 12.1 Å². The van der Waals surface area contributed by atoms with Crippen molar-refractivity contribution in [2.45, 2.75) is 4.90 Å². The Morgan fingerprint density at radius 1 is 1.40 bits per heavy atom. The quantitative estimate of drug-likeness (QED) is 0.706. The monoisotopic (exact) mass is 312 g/mol. The first kappa shape index (κ1) is 14.3. The summed E-state index contributed by atoms with van der Waals surface area (Å²) in [6.07, 6.45) is 1.36. The van der Waals surface area contributed by atoms with E-state index in [1.165, 1.54) is 25.4 Å². The Labute approximate surface area is 121 Å². The van der Waals surface area contributed by atoms with Crippen molar-refractivity contribution in [3.63, 3.8) is 0 Å². The van der Waals surface area contributed by atoms with E-state index in [2.05, 4.69) is 14.9 Å². The van der Waals surface area contributed by atoms with Crippen LogP contribution < -0.4 is 15.2 Å². The van der Waals surface area contributed by atoms with Gasteiger partial charge in [-0.3, -0.25) is 9.82 Å². The van der Waals surface area contributed by atoms with Crippen LogP contribution in [0.4, 0.5) is 5.82 Å². The van der Waals surface area contributed by atoms with Gasteiger partial charge in [-0.05, 0) is 24.3 Å². The molecule has 0 aliphatic rings. The number of nitrogens with one attached hydrogen (secondary N) is 2. The molecule has 9 heteroatoms. The molecule has 0 unspecified atom stereocenters. The lowest BCUT2D eigenvalue weighted by Crippen LogP contribution is -2.17. The molecule has 7 nitrogen and oxygen atoms in total. The van der Waals surface area contributed by atoms with Crippen LogP contribution in [0.15, 0.2) is 35.4 Å². The van der Waals surface area contributed by atoms with Crippen molar-refractivity contribution in [3.05, 3.63) is 36.0 Å². The number of benzene rings is 1. The molecule has 0 spiro atoms. The summed E-state index contributed by atoms with van der Waals surface area (Å²) in [5.41, 5.74) is 5.81. The number of aromatic amines is 1. The Kier molecular flexibility index (Phi) is 3.91. The maximum Gasteiger partial charge on any atom is 0.263 e. The van der Waals surface area contributed by atoms with E-state index in [0.717, 1.165) is 0 Å². The first-order valence-electron chi connectivity index (χ1n) is 5.44. The van der Waals surface area contributed by atoms with Gasteiger partial charge >= 0.3 is 0 Å². The van der Waals surface area contributed by atoms with Gasteiger partial charge in [0.2, 0.25) is 0 Å². The second kappa shape index (κ2) is 5.47. The molecule has 1 aromatic heterocycles. The Morgan fingerprint density at radius 2 is 2.05 bits per heavy atom. The Bertz CT molecular complexity index is 722. The lowest BCUT2D eigenvalue weighted by molar-refractivity contribution is 0.414. The number of nitrogens with zero attached hydrogens (tertiary/aromatic N) is 1. The molecule has 0 aliphatic heterocycles. The van der Waals surface area contributed by atoms with Gasteiger partial charge in [-0.2, -0.15) is 5.10 Å². The number of sulfonamides is 1. The fraction of sp³-hybridized carbons (Fsp3) is 0.0909. The van der Waals surface area contributed by atoms with Gasteiger partial charge in [0.25, 0.3) is 10.0 Å². The van der Waals surface area contributed by atoms with E-state index in [9.17, 15) is 8.42 Å². The number of hydrogen-bond acceptors (Lipinski definition) is 5. The predicted octanol–water partition coefficient (Wildman–Crippen LogP) is 0.853. The number of aromatic nitrogens is 2. The maximum atomic E-state index is 12.2. The number of rotatable bonds is 5. The van der Waals surface area contributed by atoms with E-state index >= 15 is 0 Å². The number of H-pyrrole nitrogens is 1. The van der Waals surface area contributed by atoms with E-state index in [1.807, 2.05) is 0 Å². The molecule has 2 rings (SSSR count). The van der Waals surface area contributed by atoms with Gasteiger partial charge in [0, 0.05) is 0 Å². The van der Waals surface area contributed by atoms with Crippen LogP contribution in [0.25, 0.3) is 0 Å². The van der Waals surface area contributed by atoms with Crippen molar-refractivity contribution in [1.29, 1.82) is 0 Å². The van der Waals surface area contributed by atoms with Crippen molar-refractivity contribution >= 4 is 33.0 Å². The summed E-state index contributed by atoms with van der Waals surface area (Å²) < 4.78 is 31.7. The van der Waals surface area contributed by atoms with Crippen molar-refractivity contribution in [2.24, 2.45) is 5.73 Å². The van der Waals surface area contributed by atoms with Gasteiger partial charge < -0.3 is 10.5 Å². The zero-order chi connectivity index (χ0) is 14.8. The molecule has 0 atom stereocenters. The summed E-state index contributed by atoms with van der Waals surface area (Å²) in [6.45, 7) is 0. The van der Waals surface area contributed by atoms with Gasteiger partial charge in [0.15, 0.2) is 0 Å². The highest BCUT2D eigenvalue weighted by Gasteiger charge is 2.18. The number of ether oxygens (including phenoxy) is 1. The molecule has 0 saturated heterocycles. The third kappa shape index (κ3) is 2.89. The van der Waals surface area contributed by atoms with Crippen molar-refractivity contribution < 1.29 is 13.2 Å². The topological polar surface area (TPSA) is 110 Å². The Hall–Kier alpha value is -2.13. The molecule has 20 heavy (non-hydrogen) atoms. The van der Waals surface area contributed by atoms with E-state index in [-0.39, 0.29) is 15.7 Å². The molecule has 1 aromatic carbocycles. The van der Waals surface area contributed by atoms with Crippen LogP contribution in [0, 0.1) is 0 Å². The van der Waals surface area contributed by atoms with Crippen LogP contribution in [-0.4, -0.2) is 30.7 Å². The highest BCUT2D eigenvalue weighted by atomic mass is 32.2. The number of anilines is 1. The van der Waals surface area contributed by atoms with E-state index in [4.69, 9.17) is 22.7 Å². The van der Waals surface area contributed by atoms with Gasteiger partial charge in [0.1, 0.15) is 16.6 Å². The fourth-order valence-corrected chi connectivity index (χ4v) is 2.69. The van der Waals surface area contributed by atoms with E-state index < -0.39 is 10.0 Å². The standard InChI is InChI=1S/C11H12N4O3S2/c1-18-7-2-4-8(5-3-7)20(16,17)15-11-9(10(12)19)6-13-14-11/h2-6H,1H3,(H2,12,19)(H2,13,14,15). The zero-order valence-electron chi connectivity index (χ0n) is 10.5. The van der Waals surface area contributed by atoms with Crippen LogP contribution in [0.2, 0.25) is 0 Å². The average molecular weight is 312 g/mol. The predicted molar refractivity (Wildman–Crippen MR) is 78.3 cm³/mol. The molecule has 0 fully saturated rings. The summed E-state index contributed by atoms with van der Waals surface area (Å²) in [4.78, 5) is 0.132. The molecule has 0 saturated carbocycles. The summed E-state index contributed by atoms with van der Waals surface area (Å²) in [5, 5.41) is 6.21. The first-order valence-corrected chi connectivity index (χ1v) is 7.33. The fourth-order valence-electron chi connectivity index (χ4n) is 1.50. The smallest absolute Gasteiger partial charge is 0.263 e. The van der Waals surface area contributed by atoms with Crippen LogP contribution >= 0.6 is 12.2 Å². The molecule has 2 aromatic rings. The van der Waals surface area contributed by atoms with Gasteiger partial charge in [-0.1, -0.05) is 12.2 Å². The number of hydrogen-bond donors (Lipinski definition) is 3. The highest BCUT2D eigenvalue weighted by molar-refractivity contribution is 7.92. The van der Waals surface area contributed by atoms with Gasteiger partial charge in [0.05, 0.1) is 23.8 Å². The molecule has 4 N–H and O–H groups in total. The summed E-state index contributed by atoms with van der Waals surface area (Å²) in [6, 6.07) is 5.96. The number of nitrogens with two attached hydrogens (primary N) is 1. The minimum absolute atomic E-state index is 0.0474. The molecule has 0 radical (unpaired) electrons. The molecule has 0 aliphatic carbocycles. The van der Waals surface area contributed by atoms with Gasteiger partial charge in [-0.25, -0.2) is 8.42 Å². The zero-order valence-corrected chi connectivity index (χ0v) is 12.1. The first-order chi connectivity index (χ1) is 9.44. The maximum absolute atomic E-state index is 12.2. The summed E-state index contributed by atoms with van der Waals surface area (Å²) in [7, 11) is -2.26. The molecule has 0 amide bonds. The van der Waals surface area contributed by atoms with Crippen LogP contribution in [0.3, 0.4) is 0 Å². The third-order valence-electron chi connectivity index (χ3n) is 2.51. The van der Waals surface area contributed by atoms with Crippen molar-refractivity contribution in [3.8, 4) is 5.75 Å². The largest absolute Gasteiger partial charge is 0.497 e. The normalized spacial score (nSPS) is 11.1. The van der Waals surface area contributed by atoms with Crippen molar-refractivity contribution in [1.82, 2.24) is 10.2 Å². The minimum atomic E-state index is -3.76. The molecule has 1 heterocycles. The highest BCUT2D eigenvalue weighted by Crippen LogP contribution is 2.19. The second-order valence-electron chi connectivity index (χ2n) is 3.80. The average Bonchev–Trinajstić information content (AvgIpc) is 2.86. The van der Waals surface area contributed by atoms with Crippen LogP contribution in [0.5, 0.6) is 5.75 Å². The van der Waals surface area contributed by atoms with Crippen LogP contribution in [0.1, 0.15) is 5.56 Å². The lowest BCUT2D eigenvalue weighted by Gasteiger charge is -2.08. The Balaban J connectivity index is 2.30. The molecule has 0 bridgehead atoms. The van der Waals surface area contributed by atoms with Gasteiger partial charge in [-0.15, -0.1) is 0 Å². The Morgan fingerprint density at radius 3 is 2.60 bits per heavy atom. The van der Waals surface area contributed by atoms with E-state index in [0.29, 0.717) is 11.3 Å². The molecule has 106 valence electrons. The summed E-state index contributed by atoms with van der Waals surface area (Å²) >= 11 is 4.81. The number of methoxy groups -OCH3 is 1. The van der Waals surface area contributed by atoms with Crippen molar-refractivity contribution in [2.75, 3.05) is 11.8 Å². The third-order valence-corrected chi connectivity index (χ3v) is 4.10. The lowest BCUT2D eigenvalue weighted by atomic mass is 10.3. The number of thiocarbonyl (C=S) groups is 1. The SMILES string of the molecule is COc1ccc(S(=O)(=O)Nc2[nH]ncc2C(N)=S)cc1. The van der Waals surface area contributed by atoms with Crippen LogP contribution in [-0.2, 0) is 10.0 Å². The second-order valence-corrected chi connectivity index (χ2v) is 5.93. The molecular formula is C11H12N4O3S2.